The van der Waals surface area contributed by atoms with Crippen LogP contribution in [0.2, 0.25) is 0 Å². The van der Waals surface area contributed by atoms with Crippen molar-refractivity contribution in [3.8, 4) is 17.2 Å². The lowest BCUT2D eigenvalue weighted by Crippen LogP contribution is -2.57. The van der Waals surface area contributed by atoms with E-state index in [1.54, 1.807) is 48.5 Å². The number of carbonyl (C=O) groups is 1. The highest BCUT2D eigenvalue weighted by Crippen LogP contribution is 2.28. The highest BCUT2D eigenvalue weighted by molar-refractivity contribution is 5.94. The molecule has 3 aliphatic heterocycles. The third-order valence-corrected chi connectivity index (χ3v) is 5.16. The summed E-state index contributed by atoms with van der Waals surface area (Å²) in [5.74, 6) is 2.10. The number of ether oxygens (including phenoxy) is 1. The van der Waals surface area contributed by atoms with Gasteiger partial charge in [0.15, 0.2) is 0 Å². The number of phenols is 1. The topological polar surface area (TPSA) is 61.8 Å². The molecule has 130 valence electrons. The molecule has 1 atom stereocenters. The molecule has 1 amide bonds. The Morgan fingerprint density at radius 1 is 1.00 bits per heavy atom. The number of fused-ring (bicyclic) bond motifs is 3. The van der Waals surface area contributed by atoms with Crippen LogP contribution in [0, 0.1) is 5.92 Å². The second-order valence-corrected chi connectivity index (χ2v) is 6.84. The van der Waals surface area contributed by atoms with Crippen LogP contribution in [-0.2, 0) is 0 Å². The Kier molecular flexibility index (Phi) is 4.32. The molecule has 2 N–H and O–H groups in total. The molecule has 2 aromatic carbocycles. The van der Waals surface area contributed by atoms with Crippen LogP contribution in [0.15, 0.2) is 48.5 Å². The molecule has 25 heavy (non-hydrogen) atoms. The van der Waals surface area contributed by atoms with E-state index in [0.717, 1.165) is 6.54 Å². The van der Waals surface area contributed by atoms with E-state index in [2.05, 4.69) is 10.2 Å². The van der Waals surface area contributed by atoms with Gasteiger partial charge in [-0.1, -0.05) is 0 Å². The zero-order valence-corrected chi connectivity index (χ0v) is 14.0. The summed E-state index contributed by atoms with van der Waals surface area (Å²) < 4.78 is 5.71. The minimum Gasteiger partial charge on any atom is -0.508 e. The van der Waals surface area contributed by atoms with Crippen LogP contribution in [0.25, 0.3) is 0 Å². The predicted octanol–water partition coefficient (Wildman–Crippen LogP) is 3.01. The zero-order valence-electron chi connectivity index (χ0n) is 14.0. The number of nitrogens with zero attached hydrogens (tertiary/aromatic N) is 1. The van der Waals surface area contributed by atoms with Crippen molar-refractivity contribution in [2.24, 2.45) is 5.92 Å². The van der Waals surface area contributed by atoms with Gasteiger partial charge in [0.2, 0.25) is 0 Å². The highest BCUT2D eigenvalue weighted by atomic mass is 16.5. The number of carbonyl (C=O) groups excluding carboxylic acids is 1. The molecule has 2 bridgehead atoms. The fourth-order valence-electron chi connectivity index (χ4n) is 3.70. The lowest BCUT2D eigenvalue weighted by atomic mass is 9.84. The predicted molar refractivity (Wildman–Crippen MR) is 95.0 cm³/mol. The van der Waals surface area contributed by atoms with Gasteiger partial charge in [-0.05, 0) is 80.4 Å². The van der Waals surface area contributed by atoms with Crippen molar-refractivity contribution in [2.75, 3.05) is 19.6 Å². The molecule has 5 heteroatoms. The fourth-order valence-corrected chi connectivity index (χ4v) is 3.70. The summed E-state index contributed by atoms with van der Waals surface area (Å²) >= 11 is 0. The summed E-state index contributed by atoms with van der Waals surface area (Å²) in [5.41, 5.74) is 0.648. The maximum atomic E-state index is 12.5. The number of aromatic hydroxyl groups is 1. The second-order valence-electron chi connectivity index (χ2n) is 6.84. The minimum absolute atomic E-state index is 0.0186. The van der Waals surface area contributed by atoms with Crippen molar-refractivity contribution < 1.29 is 14.6 Å². The highest BCUT2D eigenvalue weighted by Gasteiger charge is 2.34. The number of rotatable bonds is 4. The van der Waals surface area contributed by atoms with Gasteiger partial charge >= 0.3 is 0 Å². The van der Waals surface area contributed by atoms with Gasteiger partial charge in [0.1, 0.15) is 17.2 Å². The van der Waals surface area contributed by atoms with Gasteiger partial charge < -0.3 is 20.1 Å². The summed E-state index contributed by atoms with van der Waals surface area (Å²) in [6, 6.07) is 14.0. The van der Waals surface area contributed by atoms with E-state index < -0.39 is 0 Å². The summed E-state index contributed by atoms with van der Waals surface area (Å²) in [4.78, 5) is 14.9. The van der Waals surface area contributed by atoms with Gasteiger partial charge in [0, 0.05) is 18.2 Å². The summed E-state index contributed by atoms with van der Waals surface area (Å²) in [6.07, 6.45) is 2.37. The molecule has 0 aromatic heterocycles. The van der Waals surface area contributed by atoms with Crippen molar-refractivity contribution in [2.45, 2.75) is 18.9 Å². The standard InChI is InChI=1S/C20H22N2O3/c23-16-3-7-18(8-4-16)25-17-5-1-15(2-6-17)20(24)21-19-13-22-11-9-14(19)10-12-22/h1-8,14,19,23H,9-13H2,(H,21,24). The number of benzene rings is 2. The van der Waals surface area contributed by atoms with E-state index in [1.807, 2.05) is 0 Å². The Morgan fingerprint density at radius 3 is 2.16 bits per heavy atom. The first-order valence-corrected chi connectivity index (χ1v) is 8.77. The van der Waals surface area contributed by atoms with Crippen molar-refractivity contribution in [1.82, 2.24) is 10.2 Å². The van der Waals surface area contributed by atoms with Crippen LogP contribution in [0.3, 0.4) is 0 Å². The monoisotopic (exact) mass is 338 g/mol. The molecule has 3 aliphatic rings. The van der Waals surface area contributed by atoms with Crippen LogP contribution in [0.5, 0.6) is 17.2 Å². The molecule has 0 aliphatic carbocycles. The number of phenolic OH excluding ortho intramolecular Hbond substituents is 1. The minimum atomic E-state index is -0.0186. The average molecular weight is 338 g/mol. The first-order valence-electron chi connectivity index (χ1n) is 8.77. The maximum absolute atomic E-state index is 12.5. The van der Waals surface area contributed by atoms with Gasteiger partial charge in [0.05, 0.1) is 0 Å². The fraction of sp³-hybridized carbons (Fsp3) is 0.350. The Morgan fingerprint density at radius 2 is 1.60 bits per heavy atom. The third-order valence-electron chi connectivity index (χ3n) is 5.16. The van der Waals surface area contributed by atoms with Crippen LogP contribution >= 0.6 is 0 Å². The Balaban J connectivity index is 1.38. The summed E-state index contributed by atoms with van der Waals surface area (Å²) in [6.45, 7) is 3.30. The van der Waals surface area contributed by atoms with E-state index in [-0.39, 0.29) is 17.7 Å². The number of nitrogens with one attached hydrogen (secondary N) is 1. The Hall–Kier alpha value is -2.53. The normalized spacial score (nSPS) is 24.7. The molecule has 3 saturated heterocycles. The molecule has 1 unspecified atom stereocenters. The third kappa shape index (κ3) is 3.61. The lowest BCUT2D eigenvalue weighted by Gasteiger charge is -2.44. The smallest absolute Gasteiger partial charge is 0.251 e. The van der Waals surface area contributed by atoms with E-state index in [4.69, 9.17) is 4.74 Å². The maximum Gasteiger partial charge on any atom is 0.251 e. The van der Waals surface area contributed by atoms with Crippen molar-refractivity contribution >= 4 is 5.91 Å². The van der Waals surface area contributed by atoms with Crippen LogP contribution in [0.1, 0.15) is 23.2 Å². The van der Waals surface area contributed by atoms with Crippen LogP contribution < -0.4 is 10.1 Å². The van der Waals surface area contributed by atoms with Crippen molar-refractivity contribution in [1.29, 1.82) is 0 Å². The van der Waals surface area contributed by atoms with Crippen LogP contribution in [0.4, 0.5) is 0 Å². The van der Waals surface area contributed by atoms with Gasteiger partial charge in [0.25, 0.3) is 5.91 Å². The molecule has 3 fully saturated rings. The lowest BCUT2D eigenvalue weighted by molar-refractivity contribution is 0.0620. The number of hydrogen-bond donors (Lipinski definition) is 2. The molecule has 5 nitrogen and oxygen atoms in total. The number of piperidine rings is 3. The molecule has 0 radical (unpaired) electrons. The van der Waals surface area contributed by atoms with E-state index in [1.165, 1.54) is 25.9 Å². The molecular formula is C20H22N2O3. The van der Waals surface area contributed by atoms with Crippen molar-refractivity contribution in [3.05, 3.63) is 54.1 Å². The molecular weight excluding hydrogens is 316 g/mol. The van der Waals surface area contributed by atoms with E-state index in [0.29, 0.717) is 23.0 Å². The molecule has 2 aromatic rings. The Labute approximate surface area is 147 Å². The first kappa shape index (κ1) is 16.0. The van der Waals surface area contributed by atoms with E-state index in [9.17, 15) is 9.90 Å². The quantitative estimate of drug-likeness (QED) is 0.900. The van der Waals surface area contributed by atoms with Crippen molar-refractivity contribution in [3.63, 3.8) is 0 Å². The van der Waals surface area contributed by atoms with Gasteiger partial charge in [-0.15, -0.1) is 0 Å². The summed E-state index contributed by atoms with van der Waals surface area (Å²) in [7, 11) is 0. The summed E-state index contributed by atoms with van der Waals surface area (Å²) in [5, 5.41) is 12.5. The van der Waals surface area contributed by atoms with E-state index >= 15 is 0 Å². The number of hydrogen-bond acceptors (Lipinski definition) is 4. The van der Waals surface area contributed by atoms with Crippen LogP contribution in [-0.4, -0.2) is 41.6 Å². The average Bonchev–Trinajstić information content (AvgIpc) is 2.65. The molecule has 0 saturated carbocycles. The van der Waals surface area contributed by atoms with Gasteiger partial charge in [-0.25, -0.2) is 0 Å². The molecule has 3 heterocycles. The molecule has 5 rings (SSSR count). The SMILES string of the molecule is O=C(NC1CN2CCC1CC2)c1ccc(Oc2ccc(O)cc2)cc1. The first-order chi connectivity index (χ1) is 12.2. The molecule has 0 spiro atoms. The number of amides is 1. The second kappa shape index (κ2) is 6.76. The Bertz CT molecular complexity index is 735. The largest absolute Gasteiger partial charge is 0.508 e. The van der Waals surface area contributed by atoms with Gasteiger partial charge in [-0.2, -0.15) is 0 Å². The van der Waals surface area contributed by atoms with Gasteiger partial charge in [-0.3, -0.25) is 4.79 Å². The zero-order chi connectivity index (χ0) is 17.2.